The van der Waals surface area contributed by atoms with Crippen molar-refractivity contribution < 1.29 is 4.79 Å². The zero-order valence-electron chi connectivity index (χ0n) is 11.2. The van der Waals surface area contributed by atoms with Gasteiger partial charge < -0.3 is 0 Å². The number of hydrogen-bond acceptors (Lipinski definition) is 2. The van der Waals surface area contributed by atoms with Crippen LogP contribution in [0.3, 0.4) is 0 Å². The molecule has 0 aromatic carbocycles. The molecule has 6 unspecified atom stereocenters. The number of nitrogens with zero attached hydrogens (tertiary/aromatic N) is 1. The third kappa shape index (κ3) is 1.55. The maximum atomic E-state index is 12.2. The minimum atomic E-state index is 0.229. The van der Waals surface area contributed by atoms with Crippen molar-refractivity contribution in [1.29, 1.82) is 0 Å². The van der Waals surface area contributed by atoms with Gasteiger partial charge in [0, 0.05) is 23.5 Å². The minimum Gasteiger partial charge on any atom is -0.295 e. The molecule has 1 saturated carbocycles. The Labute approximate surface area is 114 Å². The SMILES string of the molecule is CC1CC2=NC3C=CC=CC3C2C2CC=CC(=O)C12. The van der Waals surface area contributed by atoms with Gasteiger partial charge in [0.05, 0.1) is 6.04 Å². The fourth-order valence-corrected chi connectivity index (χ4v) is 4.63. The van der Waals surface area contributed by atoms with Crippen molar-refractivity contribution in [3.8, 4) is 0 Å². The summed E-state index contributed by atoms with van der Waals surface area (Å²) in [7, 11) is 0. The molecule has 98 valence electrons. The molecule has 6 atom stereocenters. The lowest BCUT2D eigenvalue weighted by Crippen LogP contribution is -2.45. The number of ketones is 1. The van der Waals surface area contributed by atoms with E-state index in [0.717, 1.165) is 12.8 Å². The average molecular weight is 253 g/mol. The van der Waals surface area contributed by atoms with Crippen molar-refractivity contribution in [2.45, 2.75) is 25.8 Å². The van der Waals surface area contributed by atoms with Gasteiger partial charge in [0.2, 0.25) is 0 Å². The molecule has 1 fully saturated rings. The summed E-state index contributed by atoms with van der Waals surface area (Å²) in [4.78, 5) is 17.2. The second-order valence-corrected chi connectivity index (χ2v) is 6.40. The van der Waals surface area contributed by atoms with Crippen molar-refractivity contribution in [1.82, 2.24) is 0 Å². The normalized spacial score (nSPS) is 46.6. The standard InChI is InChI=1S/C17H19NO/c1-10-9-14-17(11-5-2-3-7-13(11)18-14)12-6-4-8-15(19)16(10)12/h2-5,7-8,10-13,16-17H,6,9H2,1H3. The van der Waals surface area contributed by atoms with E-state index in [2.05, 4.69) is 37.3 Å². The molecule has 1 heterocycles. The summed E-state index contributed by atoms with van der Waals surface area (Å²) in [6.07, 6.45) is 14.7. The van der Waals surface area contributed by atoms with E-state index in [1.807, 2.05) is 6.08 Å². The van der Waals surface area contributed by atoms with E-state index in [1.165, 1.54) is 5.71 Å². The largest absolute Gasteiger partial charge is 0.295 e. The highest BCUT2D eigenvalue weighted by Gasteiger charge is 2.50. The molecule has 0 spiro atoms. The number of carbonyl (C=O) groups is 1. The van der Waals surface area contributed by atoms with Gasteiger partial charge in [0.15, 0.2) is 5.78 Å². The van der Waals surface area contributed by atoms with Crippen LogP contribution in [0, 0.1) is 29.6 Å². The van der Waals surface area contributed by atoms with Gasteiger partial charge in [0.1, 0.15) is 0 Å². The van der Waals surface area contributed by atoms with Crippen LogP contribution in [0.25, 0.3) is 0 Å². The molecule has 0 amide bonds. The smallest absolute Gasteiger partial charge is 0.159 e. The van der Waals surface area contributed by atoms with Crippen LogP contribution < -0.4 is 0 Å². The molecule has 2 heteroatoms. The molecule has 4 aliphatic rings. The molecule has 0 aromatic rings. The highest BCUT2D eigenvalue weighted by molar-refractivity contribution is 5.98. The molecule has 0 N–H and O–H groups in total. The summed E-state index contributed by atoms with van der Waals surface area (Å²) in [5.74, 6) is 2.51. The van der Waals surface area contributed by atoms with E-state index < -0.39 is 0 Å². The van der Waals surface area contributed by atoms with Crippen molar-refractivity contribution >= 4 is 11.5 Å². The van der Waals surface area contributed by atoms with Crippen LogP contribution in [0.1, 0.15) is 19.8 Å². The fraction of sp³-hybridized carbons (Fsp3) is 0.529. The zero-order valence-corrected chi connectivity index (χ0v) is 11.2. The van der Waals surface area contributed by atoms with Crippen molar-refractivity contribution in [2.75, 3.05) is 0 Å². The first-order chi connectivity index (χ1) is 9.25. The summed E-state index contributed by atoms with van der Waals surface area (Å²) in [6.45, 7) is 2.22. The van der Waals surface area contributed by atoms with Gasteiger partial charge in [-0.2, -0.15) is 0 Å². The number of carbonyl (C=O) groups excluding carboxylic acids is 1. The summed E-state index contributed by atoms with van der Waals surface area (Å²) in [6, 6.07) is 0.331. The minimum absolute atomic E-state index is 0.229. The van der Waals surface area contributed by atoms with Crippen LogP contribution in [0.2, 0.25) is 0 Å². The van der Waals surface area contributed by atoms with Crippen molar-refractivity contribution in [3.63, 3.8) is 0 Å². The third-order valence-electron chi connectivity index (χ3n) is 5.35. The Bertz CT molecular complexity index is 539. The predicted octanol–water partition coefficient (Wildman–Crippen LogP) is 2.97. The Morgan fingerprint density at radius 2 is 2.05 bits per heavy atom. The zero-order chi connectivity index (χ0) is 13.0. The number of aliphatic imine (C=N–C) groups is 1. The van der Waals surface area contributed by atoms with Crippen LogP contribution in [0.5, 0.6) is 0 Å². The number of allylic oxidation sites excluding steroid dienone is 4. The molecule has 1 aliphatic heterocycles. The van der Waals surface area contributed by atoms with Crippen LogP contribution in [0.4, 0.5) is 0 Å². The molecular formula is C17H19NO. The monoisotopic (exact) mass is 253 g/mol. The first-order valence-electron chi connectivity index (χ1n) is 7.37. The van der Waals surface area contributed by atoms with E-state index in [1.54, 1.807) is 0 Å². The van der Waals surface area contributed by atoms with Crippen LogP contribution in [-0.4, -0.2) is 17.5 Å². The maximum absolute atomic E-state index is 12.2. The Morgan fingerprint density at radius 1 is 1.21 bits per heavy atom. The van der Waals surface area contributed by atoms with Gasteiger partial charge in [-0.05, 0) is 30.8 Å². The van der Waals surface area contributed by atoms with E-state index in [4.69, 9.17) is 4.99 Å². The lowest BCUT2D eigenvalue weighted by molar-refractivity contribution is -0.123. The first kappa shape index (κ1) is 11.4. The van der Waals surface area contributed by atoms with Crippen molar-refractivity contribution in [2.24, 2.45) is 34.6 Å². The Kier molecular flexibility index (Phi) is 2.41. The molecule has 0 radical (unpaired) electrons. The predicted molar refractivity (Wildman–Crippen MR) is 76.0 cm³/mol. The van der Waals surface area contributed by atoms with Gasteiger partial charge >= 0.3 is 0 Å². The second-order valence-electron chi connectivity index (χ2n) is 6.40. The molecule has 0 aromatic heterocycles. The van der Waals surface area contributed by atoms with E-state index in [9.17, 15) is 4.79 Å². The van der Waals surface area contributed by atoms with Crippen molar-refractivity contribution in [3.05, 3.63) is 36.5 Å². The van der Waals surface area contributed by atoms with Gasteiger partial charge in [-0.3, -0.25) is 9.79 Å². The highest BCUT2D eigenvalue weighted by atomic mass is 16.1. The summed E-state index contributed by atoms with van der Waals surface area (Å²) in [5.41, 5.74) is 1.38. The Hall–Kier alpha value is -1.44. The number of fused-ring (bicyclic) bond motifs is 5. The molecule has 0 bridgehead atoms. The Balaban J connectivity index is 1.75. The lowest BCUT2D eigenvalue weighted by Gasteiger charge is -2.43. The molecule has 19 heavy (non-hydrogen) atoms. The maximum Gasteiger partial charge on any atom is 0.159 e. The quantitative estimate of drug-likeness (QED) is 0.652. The van der Waals surface area contributed by atoms with Crippen LogP contribution >= 0.6 is 0 Å². The summed E-state index contributed by atoms with van der Waals surface area (Å²) in [5, 5.41) is 0. The molecule has 4 rings (SSSR count). The molecule has 0 saturated heterocycles. The van der Waals surface area contributed by atoms with E-state index >= 15 is 0 Å². The third-order valence-corrected chi connectivity index (χ3v) is 5.35. The topological polar surface area (TPSA) is 29.4 Å². The summed E-state index contributed by atoms with van der Waals surface area (Å²) < 4.78 is 0. The number of hydrogen-bond donors (Lipinski definition) is 0. The summed E-state index contributed by atoms with van der Waals surface area (Å²) >= 11 is 0. The average Bonchev–Trinajstić information content (AvgIpc) is 2.76. The molecule has 3 aliphatic carbocycles. The van der Waals surface area contributed by atoms with E-state index in [-0.39, 0.29) is 5.92 Å². The number of rotatable bonds is 0. The second kappa shape index (κ2) is 4.03. The fourth-order valence-electron chi connectivity index (χ4n) is 4.63. The van der Waals surface area contributed by atoms with Crippen LogP contribution in [-0.2, 0) is 4.79 Å². The highest BCUT2D eigenvalue weighted by Crippen LogP contribution is 2.49. The van der Waals surface area contributed by atoms with Gasteiger partial charge in [0.25, 0.3) is 0 Å². The van der Waals surface area contributed by atoms with E-state index in [0.29, 0.717) is 35.5 Å². The van der Waals surface area contributed by atoms with Gasteiger partial charge in [-0.15, -0.1) is 0 Å². The lowest BCUT2D eigenvalue weighted by atomic mass is 9.59. The van der Waals surface area contributed by atoms with Gasteiger partial charge in [-0.1, -0.05) is 37.3 Å². The van der Waals surface area contributed by atoms with Crippen LogP contribution in [0.15, 0.2) is 41.4 Å². The molecular weight excluding hydrogens is 234 g/mol. The van der Waals surface area contributed by atoms with Gasteiger partial charge in [-0.25, -0.2) is 0 Å². The molecule has 2 nitrogen and oxygen atoms in total. The first-order valence-corrected chi connectivity index (χ1v) is 7.37. The Morgan fingerprint density at radius 3 is 2.95 bits per heavy atom.